The van der Waals surface area contributed by atoms with Crippen LogP contribution in [0.15, 0.2) is 77.7 Å². The third-order valence-corrected chi connectivity index (χ3v) is 5.90. The zero-order chi connectivity index (χ0) is 20.9. The van der Waals surface area contributed by atoms with Gasteiger partial charge in [-0.1, -0.05) is 54.1 Å². The third-order valence-electron chi connectivity index (χ3n) is 4.15. The molecule has 3 rings (SSSR count). The average Bonchev–Trinajstić information content (AvgIpc) is 2.74. The molecule has 0 fully saturated rings. The highest BCUT2D eigenvalue weighted by molar-refractivity contribution is 7.89. The number of nitrogens with one attached hydrogen (secondary N) is 2. The standard InChI is InChI=1S/C21H19ClN2O4S/c1-28-19-12-11-16(21(25)24-18-10-6-5-9-17(18)22)13-20(19)29(26,27)23-14-15-7-3-2-4-8-15/h2-13,23H,14H2,1H3,(H,24,25). The minimum atomic E-state index is -3.92. The minimum absolute atomic E-state index is 0.113. The van der Waals surface area contributed by atoms with Crippen molar-refractivity contribution in [2.24, 2.45) is 0 Å². The fourth-order valence-electron chi connectivity index (χ4n) is 2.64. The van der Waals surface area contributed by atoms with E-state index in [1.165, 1.54) is 25.3 Å². The molecule has 0 spiro atoms. The lowest BCUT2D eigenvalue weighted by atomic mass is 10.2. The van der Waals surface area contributed by atoms with Crippen molar-refractivity contribution < 1.29 is 17.9 Å². The van der Waals surface area contributed by atoms with E-state index in [2.05, 4.69) is 10.0 Å². The Bertz CT molecular complexity index is 1120. The smallest absolute Gasteiger partial charge is 0.255 e. The van der Waals surface area contributed by atoms with Gasteiger partial charge in [-0.3, -0.25) is 4.79 Å². The SMILES string of the molecule is COc1ccc(C(=O)Nc2ccccc2Cl)cc1S(=O)(=O)NCc1ccccc1. The minimum Gasteiger partial charge on any atom is -0.495 e. The van der Waals surface area contributed by atoms with E-state index in [9.17, 15) is 13.2 Å². The van der Waals surface area contributed by atoms with Crippen LogP contribution in [0.25, 0.3) is 0 Å². The van der Waals surface area contributed by atoms with Crippen LogP contribution < -0.4 is 14.8 Å². The first kappa shape index (κ1) is 20.9. The number of ether oxygens (including phenoxy) is 1. The first-order valence-corrected chi connectivity index (χ1v) is 10.5. The number of carbonyl (C=O) groups excluding carboxylic acids is 1. The number of para-hydroxylation sites is 1. The van der Waals surface area contributed by atoms with E-state index in [-0.39, 0.29) is 22.8 Å². The topological polar surface area (TPSA) is 84.5 Å². The van der Waals surface area contributed by atoms with Crippen molar-refractivity contribution in [3.05, 3.63) is 88.9 Å². The van der Waals surface area contributed by atoms with Crippen molar-refractivity contribution in [3.8, 4) is 5.75 Å². The molecule has 0 saturated carbocycles. The van der Waals surface area contributed by atoms with Crippen LogP contribution in [0, 0.1) is 0 Å². The number of hydrogen-bond acceptors (Lipinski definition) is 4. The van der Waals surface area contributed by atoms with E-state index >= 15 is 0 Å². The Labute approximate surface area is 174 Å². The molecule has 0 atom stereocenters. The van der Waals surface area contributed by atoms with E-state index in [1.54, 1.807) is 24.3 Å². The summed E-state index contributed by atoms with van der Waals surface area (Å²) in [6.07, 6.45) is 0. The molecule has 0 unspecified atom stereocenters. The van der Waals surface area contributed by atoms with Crippen LogP contribution in [0.2, 0.25) is 5.02 Å². The Hall–Kier alpha value is -2.87. The summed E-state index contributed by atoms with van der Waals surface area (Å²) in [6.45, 7) is 0.113. The number of methoxy groups -OCH3 is 1. The van der Waals surface area contributed by atoms with Gasteiger partial charge in [0.25, 0.3) is 5.91 Å². The van der Waals surface area contributed by atoms with Crippen molar-refractivity contribution >= 4 is 33.2 Å². The van der Waals surface area contributed by atoms with Gasteiger partial charge in [0.1, 0.15) is 10.6 Å². The number of hydrogen-bond donors (Lipinski definition) is 2. The van der Waals surface area contributed by atoms with Gasteiger partial charge in [-0.05, 0) is 35.9 Å². The molecule has 0 radical (unpaired) electrons. The van der Waals surface area contributed by atoms with Gasteiger partial charge in [0, 0.05) is 12.1 Å². The molecule has 1 amide bonds. The zero-order valence-electron chi connectivity index (χ0n) is 15.6. The maximum Gasteiger partial charge on any atom is 0.255 e. The Kier molecular flexibility index (Phi) is 6.53. The van der Waals surface area contributed by atoms with Crippen molar-refractivity contribution in [2.45, 2.75) is 11.4 Å². The van der Waals surface area contributed by atoms with E-state index < -0.39 is 15.9 Å². The molecule has 150 valence electrons. The van der Waals surface area contributed by atoms with Crippen LogP contribution in [0.3, 0.4) is 0 Å². The summed E-state index contributed by atoms with van der Waals surface area (Å²) in [6, 6.07) is 20.1. The summed E-state index contributed by atoms with van der Waals surface area (Å²) >= 11 is 6.07. The number of amides is 1. The van der Waals surface area contributed by atoms with Crippen molar-refractivity contribution in [1.29, 1.82) is 0 Å². The predicted octanol–water partition coefficient (Wildman–Crippen LogP) is 4.08. The Morgan fingerprint density at radius 2 is 1.69 bits per heavy atom. The molecule has 29 heavy (non-hydrogen) atoms. The van der Waals surface area contributed by atoms with E-state index in [0.717, 1.165) is 5.56 Å². The first-order valence-electron chi connectivity index (χ1n) is 8.68. The Morgan fingerprint density at radius 3 is 2.38 bits per heavy atom. The van der Waals surface area contributed by atoms with Gasteiger partial charge in [0.15, 0.2) is 0 Å². The van der Waals surface area contributed by atoms with Crippen molar-refractivity contribution in [1.82, 2.24) is 4.72 Å². The van der Waals surface area contributed by atoms with Gasteiger partial charge in [0.2, 0.25) is 10.0 Å². The lowest BCUT2D eigenvalue weighted by molar-refractivity contribution is 0.102. The molecule has 0 bridgehead atoms. The highest BCUT2D eigenvalue weighted by Crippen LogP contribution is 2.26. The molecule has 0 heterocycles. The largest absolute Gasteiger partial charge is 0.495 e. The lowest BCUT2D eigenvalue weighted by Gasteiger charge is -2.13. The second-order valence-corrected chi connectivity index (χ2v) is 8.25. The highest BCUT2D eigenvalue weighted by Gasteiger charge is 2.22. The Morgan fingerprint density at radius 1 is 1.00 bits per heavy atom. The zero-order valence-corrected chi connectivity index (χ0v) is 17.1. The maximum atomic E-state index is 12.8. The van der Waals surface area contributed by atoms with Crippen LogP contribution in [-0.4, -0.2) is 21.4 Å². The number of anilines is 1. The summed E-state index contributed by atoms with van der Waals surface area (Å²) in [5.74, 6) is -0.347. The quantitative estimate of drug-likeness (QED) is 0.591. The molecule has 0 saturated heterocycles. The summed E-state index contributed by atoms with van der Waals surface area (Å²) in [5, 5.41) is 3.05. The number of carbonyl (C=O) groups is 1. The fraction of sp³-hybridized carbons (Fsp3) is 0.0952. The molecular weight excluding hydrogens is 412 g/mol. The maximum absolute atomic E-state index is 12.8. The predicted molar refractivity (Wildman–Crippen MR) is 113 cm³/mol. The molecular formula is C21H19ClN2O4S. The molecule has 6 nitrogen and oxygen atoms in total. The molecule has 0 aliphatic rings. The lowest BCUT2D eigenvalue weighted by Crippen LogP contribution is -2.24. The van der Waals surface area contributed by atoms with Gasteiger partial charge >= 0.3 is 0 Å². The van der Waals surface area contributed by atoms with Crippen LogP contribution in [0.5, 0.6) is 5.75 Å². The van der Waals surface area contributed by atoms with Gasteiger partial charge in [-0.15, -0.1) is 0 Å². The fourth-order valence-corrected chi connectivity index (χ4v) is 4.03. The Balaban J connectivity index is 1.86. The normalized spacial score (nSPS) is 11.1. The van der Waals surface area contributed by atoms with Gasteiger partial charge in [0.05, 0.1) is 17.8 Å². The molecule has 0 aromatic heterocycles. The van der Waals surface area contributed by atoms with E-state index in [0.29, 0.717) is 10.7 Å². The molecule has 3 aromatic rings. The van der Waals surface area contributed by atoms with Gasteiger partial charge in [-0.25, -0.2) is 13.1 Å². The molecule has 3 aromatic carbocycles. The highest BCUT2D eigenvalue weighted by atomic mass is 35.5. The molecule has 0 aliphatic heterocycles. The number of rotatable bonds is 7. The third kappa shape index (κ3) is 5.14. The summed E-state index contributed by atoms with van der Waals surface area (Å²) < 4.78 is 33.4. The summed E-state index contributed by atoms with van der Waals surface area (Å²) in [5.41, 5.74) is 1.40. The average molecular weight is 431 g/mol. The van der Waals surface area contributed by atoms with E-state index in [4.69, 9.17) is 16.3 Å². The molecule has 0 aliphatic carbocycles. The number of halogens is 1. The van der Waals surface area contributed by atoms with Crippen LogP contribution in [-0.2, 0) is 16.6 Å². The van der Waals surface area contributed by atoms with Crippen LogP contribution in [0.1, 0.15) is 15.9 Å². The van der Waals surface area contributed by atoms with E-state index in [1.807, 2.05) is 30.3 Å². The monoisotopic (exact) mass is 430 g/mol. The van der Waals surface area contributed by atoms with Crippen molar-refractivity contribution in [2.75, 3.05) is 12.4 Å². The first-order chi connectivity index (χ1) is 13.9. The van der Waals surface area contributed by atoms with Crippen LogP contribution >= 0.6 is 11.6 Å². The van der Waals surface area contributed by atoms with Crippen LogP contribution in [0.4, 0.5) is 5.69 Å². The molecule has 2 N–H and O–H groups in total. The van der Waals surface area contributed by atoms with Gasteiger partial charge < -0.3 is 10.1 Å². The number of sulfonamides is 1. The molecule has 8 heteroatoms. The second-order valence-electron chi connectivity index (χ2n) is 6.11. The van der Waals surface area contributed by atoms with Crippen molar-refractivity contribution in [3.63, 3.8) is 0 Å². The summed E-state index contributed by atoms with van der Waals surface area (Å²) in [4.78, 5) is 12.5. The van der Waals surface area contributed by atoms with Gasteiger partial charge in [-0.2, -0.15) is 0 Å². The number of benzene rings is 3. The second kappa shape index (κ2) is 9.09. The summed E-state index contributed by atoms with van der Waals surface area (Å²) in [7, 11) is -2.55.